The Labute approximate surface area is 151 Å². The van der Waals surface area contributed by atoms with Gasteiger partial charge in [0.1, 0.15) is 0 Å². The van der Waals surface area contributed by atoms with Gasteiger partial charge in [0.2, 0.25) is 5.75 Å². The number of benzene rings is 2. The minimum Gasteiger partial charge on any atom is -0.493 e. The molecule has 7 heteroatoms. The fourth-order valence-electron chi connectivity index (χ4n) is 2.32. The number of anilines is 1. The van der Waals surface area contributed by atoms with E-state index in [1.54, 1.807) is 43.3 Å². The van der Waals surface area contributed by atoms with E-state index >= 15 is 0 Å². The summed E-state index contributed by atoms with van der Waals surface area (Å²) in [7, 11) is 4.45. The van der Waals surface area contributed by atoms with Gasteiger partial charge in [0.05, 0.1) is 33.5 Å². The van der Waals surface area contributed by atoms with Gasteiger partial charge in [0.15, 0.2) is 11.5 Å². The molecule has 0 unspecified atom stereocenters. The summed E-state index contributed by atoms with van der Waals surface area (Å²) >= 11 is 0. The zero-order chi connectivity index (χ0) is 19.1. The van der Waals surface area contributed by atoms with Crippen molar-refractivity contribution in [1.29, 1.82) is 0 Å². The van der Waals surface area contributed by atoms with Gasteiger partial charge in [-0.25, -0.2) is 4.79 Å². The van der Waals surface area contributed by atoms with Crippen molar-refractivity contribution in [1.82, 2.24) is 0 Å². The average molecular weight is 359 g/mol. The number of rotatable bonds is 7. The first kappa shape index (κ1) is 19.1. The maximum atomic E-state index is 12.5. The Morgan fingerprint density at radius 3 is 1.92 bits per heavy atom. The van der Waals surface area contributed by atoms with Crippen LogP contribution in [0.1, 0.15) is 27.6 Å². The summed E-state index contributed by atoms with van der Waals surface area (Å²) < 4.78 is 20.7. The van der Waals surface area contributed by atoms with Crippen LogP contribution in [0.4, 0.5) is 5.69 Å². The minimum absolute atomic E-state index is 0.304. The summed E-state index contributed by atoms with van der Waals surface area (Å²) in [6.07, 6.45) is 0. The van der Waals surface area contributed by atoms with E-state index in [1.807, 2.05) is 0 Å². The Balaban J connectivity index is 2.20. The van der Waals surface area contributed by atoms with Crippen molar-refractivity contribution < 1.29 is 28.5 Å². The molecule has 138 valence electrons. The molecule has 2 rings (SSSR count). The molecule has 0 fully saturated rings. The van der Waals surface area contributed by atoms with Gasteiger partial charge in [0.25, 0.3) is 5.91 Å². The van der Waals surface area contributed by atoms with Crippen molar-refractivity contribution in [2.45, 2.75) is 6.92 Å². The Morgan fingerprint density at radius 1 is 0.885 bits per heavy atom. The Bertz CT molecular complexity index is 760. The van der Waals surface area contributed by atoms with Crippen LogP contribution in [0.5, 0.6) is 17.2 Å². The normalized spacial score (nSPS) is 10.0. The smallest absolute Gasteiger partial charge is 0.338 e. The maximum Gasteiger partial charge on any atom is 0.338 e. The number of hydrogen-bond donors (Lipinski definition) is 1. The molecular formula is C19H21NO6. The molecule has 0 radical (unpaired) electrons. The van der Waals surface area contributed by atoms with Crippen LogP contribution in [0, 0.1) is 0 Å². The van der Waals surface area contributed by atoms with Crippen molar-refractivity contribution in [2.75, 3.05) is 33.3 Å². The van der Waals surface area contributed by atoms with E-state index in [0.717, 1.165) is 0 Å². The van der Waals surface area contributed by atoms with Crippen LogP contribution in [-0.2, 0) is 4.74 Å². The molecule has 7 nitrogen and oxygen atoms in total. The molecule has 0 aliphatic heterocycles. The van der Waals surface area contributed by atoms with Gasteiger partial charge in [-0.15, -0.1) is 0 Å². The summed E-state index contributed by atoms with van der Waals surface area (Å²) in [6.45, 7) is 2.04. The second kappa shape index (κ2) is 8.75. The van der Waals surface area contributed by atoms with Gasteiger partial charge in [-0.3, -0.25) is 4.79 Å². The second-order valence-electron chi connectivity index (χ2n) is 5.17. The van der Waals surface area contributed by atoms with E-state index < -0.39 is 5.97 Å². The molecule has 1 N–H and O–H groups in total. The van der Waals surface area contributed by atoms with Crippen LogP contribution in [0.15, 0.2) is 36.4 Å². The first-order valence-corrected chi connectivity index (χ1v) is 7.92. The van der Waals surface area contributed by atoms with Crippen LogP contribution in [0.3, 0.4) is 0 Å². The number of methoxy groups -OCH3 is 3. The zero-order valence-electron chi connectivity index (χ0n) is 15.1. The number of ether oxygens (including phenoxy) is 4. The fraction of sp³-hybridized carbons (Fsp3) is 0.263. The molecule has 0 saturated carbocycles. The van der Waals surface area contributed by atoms with Crippen molar-refractivity contribution in [2.24, 2.45) is 0 Å². The molecular weight excluding hydrogens is 338 g/mol. The number of esters is 1. The van der Waals surface area contributed by atoms with Crippen LogP contribution >= 0.6 is 0 Å². The second-order valence-corrected chi connectivity index (χ2v) is 5.17. The first-order valence-electron chi connectivity index (χ1n) is 7.92. The molecule has 0 heterocycles. The van der Waals surface area contributed by atoms with E-state index in [2.05, 4.69) is 5.32 Å². The van der Waals surface area contributed by atoms with Crippen LogP contribution in [0.25, 0.3) is 0 Å². The summed E-state index contributed by atoms with van der Waals surface area (Å²) in [4.78, 5) is 24.2. The number of hydrogen-bond acceptors (Lipinski definition) is 6. The van der Waals surface area contributed by atoms with Crippen LogP contribution in [-0.4, -0.2) is 39.8 Å². The molecule has 0 aliphatic rings. The highest BCUT2D eigenvalue weighted by atomic mass is 16.5. The topological polar surface area (TPSA) is 83.1 Å². The molecule has 0 aliphatic carbocycles. The van der Waals surface area contributed by atoms with Crippen molar-refractivity contribution in [3.05, 3.63) is 47.5 Å². The van der Waals surface area contributed by atoms with Gasteiger partial charge >= 0.3 is 5.97 Å². The Morgan fingerprint density at radius 2 is 1.46 bits per heavy atom. The van der Waals surface area contributed by atoms with Gasteiger partial charge in [-0.1, -0.05) is 0 Å². The lowest BCUT2D eigenvalue weighted by Gasteiger charge is -2.14. The zero-order valence-corrected chi connectivity index (χ0v) is 15.1. The van der Waals surface area contributed by atoms with Gasteiger partial charge < -0.3 is 24.3 Å². The third-order valence-electron chi connectivity index (χ3n) is 3.58. The lowest BCUT2D eigenvalue weighted by atomic mass is 10.1. The van der Waals surface area contributed by atoms with E-state index in [4.69, 9.17) is 18.9 Å². The van der Waals surface area contributed by atoms with E-state index in [0.29, 0.717) is 40.7 Å². The summed E-state index contributed by atoms with van der Waals surface area (Å²) in [6, 6.07) is 9.54. The van der Waals surface area contributed by atoms with Gasteiger partial charge in [-0.05, 0) is 43.3 Å². The predicted octanol–water partition coefficient (Wildman–Crippen LogP) is 3.14. The highest BCUT2D eigenvalue weighted by molar-refractivity contribution is 6.05. The quantitative estimate of drug-likeness (QED) is 0.765. The molecule has 2 aromatic rings. The molecule has 1 amide bonds. The average Bonchev–Trinajstić information content (AvgIpc) is 2.67. The Hall–Kier alpha value is -3.22. The molecule has 0 saturated heterocycles. The lowest BCUT2D eigenvalue weighted by Crippen LogP contribution is -2.13. The summed E-state index contributed by atoms with van der Waals surface area (Å²) in [5.74, 6) is 0.415. The predicted molar refractivity (Wildman–Crippen MR) is 96.4 cm³/mol. The first-order chi connectivity index (χ1) is 12.5. The number of carbonyl (C=O) groups is 2. The summed E-state index contributed by atoms with van der Waals surface area (Å²) in [5, 5.41) is 2.75. The maximum absolute atomic E-state index is 12.5. The number of nitrogens with one attached hydrogen (secondary N) is 1. The molecule has 0 atom stereocenters. The Kier molecular flexibility index (Phi) is 6.43. The SMILES string of the molecule is CCOC(=O)c1ccc(NC(=O)c2cc(OC)c(OC)c(OC)c2)cc1. The van der Waals surface area contributed by atoms with E-state index in [1.165, 1.54) is 21.3 Å². The van der Waals surface area contributed by atoms with Crippen LogP contribution in [0.2, 0.25) is 0 Å². The summed E-state index contributed by atoms with van der Waals surface area (Å²) in [5.41, 5.74) is 1.29. The molecule has 2 aromatic carbocycles. The monoisotopic (exact) mass is 359 g/mol. The largest absolute Gasteiger partial charge is 0.493 e. The third kappa shape index (κ3) is 4.24. The minimum atomic E-state index is -0.407. The highest BCUT2D eigenvalue weighted by Gasteiger charge is 2.17. The molecule has 0 aromatic heterocycles. The standard InChI is InChI=1S/C19H21NO6/c1-5-26-19(22)12-6-8-14(9-7-12)20-18(21)13-10-15(23-2)17(25-4)16(11-13)24-3/h6-11H,5H2,1-4H3,(H,20,21). The van der Waals surface area contributed by atoms with Crippen molar-refractivity contribution >= 4 is 17.6 Å². The van der Waals surface area contributed by atoms with Gasteiger partial charge in [0, 0.05) is 11.3 Å². The molecule has 26 heavy (non-hydrogen) atoms. The van der Waals surface area contributed by atoms with E-state index in [9.17, 15) is 9.59 Å². The van der Waals surface area contributed by atoms with Gasteiger partial charge in [-0.2, -0.15) is 0 Å². The fourth-order valence-corrected chi connectivity index (χ4v) is 2.32. The van der Waals surface area contributed by atoms with Crippen LogP contribution < -0.4 is 19.5 Å². The third-order valence-corrected chi connectivity index (χ3v) is 3.58. The molecule has 0 bridgehead atoms. The van der Waals surface area contributed by atoms with E-state index in [-0.39, 0.29) is 5.91 Å². The highest BCUT2D eigenvalue weighted by Crippen LogP contribution is 2.38. The number of amides is 1. The van der Waals surface area contributed by atoms with Crippen molar-refractivity contribution in [3.8, 4) is 17.2 Å². The number of carbonyl (C=O) groups excluding carboxylic acids is 2. The van der Waals surface area contributed by atoms with Crippen molar-refractivity contribution in [3.63, 3.8) is 0 Å². The molecule has 0 spiro atoms. The lowest BCUT2D eigenvalue weighted by molar-refractivity contribution is 0.0526.